The summed E-state index contributed by atoms with van der Waals surface area (Å²) in [4.78, 5) is 4.00. The zero-order valence-corrected chi connectivity index (χ0v) is 7.21. The van der Waals surface area contributed by atoms with Crippen molar-refractivity contribution in [3.8, 4) is 0 Å². The van der Waals surface area contributed by atoms with Crippen molar-refractivity contribution in [2.75, 3.05) is 6.54 Å². The number of aliphatic hydroxyl groups excluding tert-OH is 1. The Bertz CT molecular complexity index is 200. The van der Waals surface area contributed by atoms with Crippen LogP contribution in [0.2, 0.25) is 0 Å². The second-order valence-electron chi connectivity index (χ2n) is 2.57. The van der Waals surface area contributed by atoms with Crippen LogP contribution < -0.4 is 5.73 Å². The number of nitrogens with zero attached hydrogens (tertiary/aromatic N) is 1. The molecule has 2 atom stereocenters. The van der Waals surface area contributed by atoms with Gasteiger partial charge in [0.1, 0.15) is 6.10 Å². The smallest absolute Gasteiger partial charge is 0.101 e. The van der Waals surface area contributed by atoms with Crippen LogP contribution in [0.5, 0.6) is 0 Å². The Balaban J connectivity index is 2.62. The largest absolute Gasteiger partial charge is 0.386 e. The van der Waals surface area contributed by atoms with Crippen LogP contribution in [0.25, 0.3) is 0 Å². The number of hydrogen-bond acceptors (Lipinski definition) is 4. The maximum Gasteiger partial charge on any atom is 0.101 e. The molecule has 0 aliphatic heterocycles. The number of thiazole rings is 1. The lowest BCUT2D eigenvalue weighted by Gasteiger charge is -2.13. The summed E-state index contributed by atoms with van der Waals surface area (Å²) in [5.74, 6) is 0.0806. The molecule has 3 nitrogen and oxygen atoms in total. The lowest BCUT2D eigenvalue weighted by Crippen LogP contribution is -2.18. The van der Waals surface area contributed by atoms with Gasteiger partial charge in [-0.15, -0.1) is 11.3 Å². The summed E-state index contributed by atoms with van der Waals surface area (Å²) in [6.07, 6.45) is -0.508. The molecule has 0 bridgehead atoms. The number of aromatic nitrogens is 1. The molecule has 62 valence electrons. The maximum absolute atomic E-state index is 9.54. The van der Waals surface area contributed by atoms with Gasteiger partial charge in [0.2, 0.25) is 0 Å². The van der Waals surface area contributed by atoms with Gasteiger partial charge in [-0.2, -0.15) is 0 Å². The van der Waals surface area contributed by atoms with Crippen molar-refractivity contribution in [1.82, 2.24) is 4.98 Å². The summed E-state index contributed by atoms with van der Waals surface area (Å²) < 4.78 is 0. The van der Waals surface area contributed by atoms with E-state index in [4.69, 9.17) is 5.73 Å². The zero-order valence-electron chi connectivity index (χ0n) is 6.40. The minimum Gasteiger partial charge on any atom is -0.386 e. The van der Waals surface area contributed by atoms with Crippen molar-refractivity contribution >= 4 is 11.3 Å². The standard InChI is InChI=1S/C7H12N2OS/c1-5(2-8)7(10)6-3-11-4-9-6/h3-5,7,10H,2,8H2,1H3. The third kappa shape index (κ3) is 1.99. The van der Waals surface area contributed by atoms with Crippen molar-refractivity contribution in [1.29, 1.82) is 0 Å². The van der Waals surface area contributed by atoms with E-state index in [0.29, 0.717) is 6.54 Å². The first kappa shape index (κ1) is 8.64. The van der Waals surface area contributed by atoms with E-state index in [1.54, 1.807) is 5.51 Å². The molecule has 0 saturated heterocycles. The number of aliphatic hydroxyl groups is 1. The molecule has 0 amide bonds. The van der Waals surface area contributed by atoms with Gasteiger partial charge in [0, 0.05) is 5.38 Å². The first-order valence-corrected chi connectivity index (χ1v) is 4.46. The van der Waals surface area contributed by atoms with Crippen molar-refractivity contribution in [3.05, 3.63) is 16.6 Å². The molecule has 11 heavy (non-hydrogen) atoms. The Kier molecular flexibility index (Phi) is 2.99. The van der Waals surface area contributed by atoms with Crippen LogP contribution in [-0.4, -0.2) is 16.6 Å². The van der Waals surface area contributed by atoms with Gasteiger partial charge < -0.3 is 10.8 Å². The summed E-state index contributed by atoms with van der Waals surface area (Å²) in [6.45, 7) is 2.39. The highest BCUT2D eigenvalue weighted by Crippen LogP contribution is 2.19. The Morgan fingerprint density at radius 3 is 3.00 bits per heavy atom. The van der Waals surface area contributed by atoms with Gasteiger partial charge in [0.05, 0.1) is 11.2 Å². The van der Waals surface area contributed by atoms with Crippen LogP contribution in [0.15, 0.2) is 10.9 Å². The highest BCUT2D eigenvalue weighted by molar-refractivity contribution is 7.07. The molecule has 0 fully saturated rings. The first-order chi connectivity index (χ1) is 5.25. The second kappa shape index (κ2) is 3.80. The molecule has 1 rings (SSSR count). The van der Waals surface area contributed by atoms with Gasteiger partial charge in [-0.25, -0.2) is 4.98 Å². The molecule has 0 saturated carbocycles. The van der Waals surface area contributed by atoms with Gasteiger partial charge >= 0.3 is 0 Å². The molecule has 0 aliphatic rings. The van der Waals surface area contributed by atoms with Crippen LogP contribution in [-0.2, 0) is 0 Å². The number of rotatable bonds is 3. The Hall–Kier alpha value is -0.450. The molecule has 4 heteroatoms. The summed E-state index contributed by atoms with van der Waals surface area (Å²) in [7, 11) is 0. The van der Waals surface area contributed by atoms with E-state index in [-0.39, 0.29) is 5.92 Å². The molecule has 1 aromatic rings. The molecule has 3 N–H and O–H groups in total. The van der Waals surface area contributed by atoms with E-state index in [1.165, 1.54) is 11.3 Å². The van der Waals surface area contributed by atoms with E-state index in [1.807, 2.05) is 12.3 Å². The fraction of sp³-hybridized carbons (Fsp3) is 0.571. The van der Waals surface area contributed by atoms with Gasteiger partial charge in [0.25, 0.3) is 0 Å². The Labute approximate surface area is 69.9 Å². The fourth-order valence-electron chi connectivity index (χ4n) is 0.788. The summed E-state index contributed by atoms with van der Waals surface area (Å²) in [6, 6.07) is 0. The first-order valence-electron chi connectivity index (χ1n) is 3.52. The lowest BCUT2D eigenvalue weighted by atomic mass is 10.0. The quantitative estimate of drug-likeness (QED) is 0.708. The van der Waals surface area contributed by atoms with Crippen molar-refractivity contribution in [3.63, 3.8) is 0 Å². The van der Waals surface area contributed by atoms with Crippen LogP contribution in [0.4, 0.5) is 0 Å². The van der Waals surface area contributed by atoms with Gasteiger partial charge in [-0.1, -0.05) is 6.92 Å². The van der Waals surface area contributed by atoms with Gasteiger partial charge in [0.15, 0.2) is 0 Å². The van der Waals surface area contributed by atoms with Crippen LogP contribution in [0, 0.1) is 5.92 Å². The second-order valence-corrected chi connectivity index (χ2v) is 3.29. The van der Waals surface area contributed by atoms with E-state index in [9.17, 15) is 5.11 Å². The van der Waals surface area contributed by atoms with Crippen molar-refractivity contribution < 1.29 is 5.11 Å². The average Bonchev–Trinajstić information content (AvgIpc) is 2.53. The highest BCUT2D eigenvalue weighted by Gasteiger charge is 2.15. The number of hydrogen-bond donors (Lipinski definition) is 2. The monoisotopic (exact) mass is 172 g/mol. The van der Waals surface area contributed by atoms with E-state index in [0.717, 1.165) is 5.69 Å². The molecule has 1 heterocycles. The minimum atomic E-state index is -0.508. The van der Waals surface area contributed by atoms with E-state index in [2.05, 4.69) is 4.98 Å². The molecule has 2 unspecified atom stereocenters. The Morgan fingerprint density at radius 2 is 2.55 bits per heavy atom. The Morgan fingerprint density at radius 1 is 1.82 bits per heavy atom. The van der Waals surface area contributed by atoms with E-state index < -0.39 is 6.10 Å². The molecule has 0 aliphatic carbocycles. The van der Waals surface area contributed by atoms with Gasteiger partial charge in [-0.3, -0.25) is 0 Å². The molecule has 0 aromatic carbocycles. The highest BCUT2D eigenvalue weighted by atomic mass is 32.1. The minimum absolute atomic E-state index is 0.0806. The SMILES string of the molecule is CC(CN)C(O)c1cscn1. The molecule has 0 radical (unpaired) electrons. The third-order valence-corrected chi connectivity index (χ3v) is 2.27. The van der Waals surface area contributed by atoms with E-state index >= 15 is 0 Å². The molecule has 1 aromatic heterocycles. The lowest BCUT2D eigenvalue weighted by molar-refractivity contribution is 0.118. The predicted molar refractivity (Wildman–Crippen MR) is 45.3 cm³/mol. The number of nitrogens with two attached hydrogens (primary N) is 1. The fourth-order valence-corrected chi connectivity index (χ4v) is 1.37. The van der Waals surface area contributed by atoms with Crippen molar-refractivity contribution in [2.24, 2.45) is 11.7 Å². The topological polar surface area (TPSA) is 59.1 Å². The van der Waals surface area contributed by atoms with Crippen LogP contribution in [0.1, 0.15) is 18.7 Å². The predicted octanol–water partition coefficient (Wildman–Crippen LogP) is 0.771. The van der Waals surface area contributed by atoms with Crippen molar-refractivity contribution in [2.45, 2.75) is 13.0 Å². The maximum atomic E-state index is 9.54. The molecule has 0 spiro atoms. The van der Waals surface area contributed by atoms with Crippen LogP contribution in [0.3, 0.4) is 0 Å². The molecular weight excluding hydrogens is 160 g/mol. The third-order valence-electron chi connectivity index (χ3n) is 1.67. The summed E-state index contributed by atoms with van der Waals surface area (Å²) >= 11 is 1.48. The zero-order chi connectivity index (χ0) is 8.27. The summed E-state index contributed by atoms with van der Waals surface area (Å²) in [5, 5.41) is 11.4. The molecular formula is C7H12N2OS. The van der Waals surface area contributed by atoms with Gasteiger partial charge in [-0.05, 0) is 12.5 Å². The normalized spacial score (nSPS) is 16.3. The van der Waals surface area contributed by atoms with Crippen LogP contribution >= 0.6 is 11.3 Å². The average molecular weight is 172 g/mol. The summed E-state index contributed by atoms with van der Waals surface area (Å²) in [5.41, 5.74) is 7.83.